The summed E-state index contributed by atoms with van der Waals surface area (Å²) in [5.41, 5.74) is -2.88. The van der Waals surface area contributed by atoms with Gasteiger partial charge in [0, 0.05) is 12.3 Å². The summed E-state index contributed by atoms with van der Waals surface area (Å²) in [7, 11) is 1.30. The van der Waals surface area contributed by atoms with Crippen molar-refractivity contribution in [1.82, 2.24) is 14.4 Å². The van der Waals surface area contributed by atoms with Gasteiger partial charge in [0.05, 0.1) is 12.7 Å². The third-order valence-corrected chi connectivity index (χ3v) is 3.79. The van der Waals surface area contributed by atoms with Crippen LogP contribution in [0.3, 0.4) is 0 Å². The highest BCUT2D eigenvalue weighted by atomic mass is 19.4. The molecule has 0 aliphatic rings. The summed E-state index contributed by atoms with van der Waals surface area (Å²) in [4.78, 5) is 20.1. The second-order valence-corrected chi connectivity index (χ2v) is 5.69. The molecule has 1 unspecified atom stereocenters. The number of alkyl halides is 3. The van der Waals surface area contributed by atoms with Crippen LogP contribution >= 0.6 is 0 Å². The van der Waals surface area contributed by atoms with Crippen molar-refractivity contribution in [2.75, 3.05) is 7.11 Å². The van der Waals surface area contributed by atoms with Gasteiger partial charge in [0.1, 0.15) is 11.8 Å². The van der Waals surface area contributed by atoms with Crippen LogP contribution < -0.4 is 15.0 Å². The fourth-order valence-corrected chi connectivity index (χ4v) is 2.52. The quantitative estimate of drug-likeness (QED) is 0.680. The van der Waals surface area contributed by atoms with Crippen molar-refractivity contribution in [2.45, 2.75) is 19.2 Å². The molecule has 0 amide bonds. The maximum Gasteiger partial charge on any atom is 0.434 e. The number of methoxy groups -OCH3 is 1. The van der Waals surface area contributed by atoms with Gasteiger partial charge < -0.3 is 9.47 Å². The Labute approximate surface area is 156 Å². The predicted octanol–water partition coefficient (Wildman–Crippen LogP) is 3.07. The van der Waals surface area contributed by atoms with Crippen molar-refractivity contribution in [3.63, 3.8) is 0 Å². The van der Waals surface area contributed by atoms with Crippen LogP contribution in [0.15, 0.2) is 41.3 Å². The van der Waals surface area contributed by atoms with Crippen molar-refractivity contribution >= 4 is 5.78 Å². The highest BCUT2D eigenvalue weighted by molar-refractivity contribution is 5.67. The van der Waals surface area contributed by atoms with Crippen LogP contribution in [0.25, 0.3) is 16.9 Å². The maximum atomic E-state index is 13.6. The summed E-state index contributed by atoms with van der Waals surface area (Å²) in [5.74, 6) is -0.115. The fraction of sp³-hybridized carbons (Fsp3) is 0.222. The van der Waals surface area contributed by atoms with E-state index in [0.29, 0.717) is 0 Å². The molecule has 2 aromatic heterocycles. The monoisotopic (exact) mass is 390 g/mol. The van der Waals surface area contributed by atoms with Crippen molar-refractivity contribution in [3.05, 3.63) is 52.6 Å². The molecule has 144 valence electrons. The Morgan fingerprint density at radius 3 is 2.43 bits per heavy atom. The van der Waals surface area contributed by atoms with Gasteiger partial charge in [-0.25, -0.2) is 4.98 Å². The average Bonchev–Trinajstić information content (AvgIpc) is 2.67. The number of halogens is 3. The molecule has 0 saturated heterocycles. The zero-order valence-corrected chi connectivity index (χ0v) is 14.7. The van der Waals surface area contributed by atoms with Gasteiger partial charge in [-0.3, -0.25) is 9.20 Å². The lowest BCUT2D eigenvalue weighted by atomic mass is 10.0. The molecule has 10 heteroatoms. The molecule has 0 radical (unpaired) electrons. The normalized spacial score (nSPS) is 12.4. The molecule has 0 aliphatic heterocycles. The predicted molar refractivity (Wildman–Crippen MR) is 92.0 cm³/mol. The fourth-order valence-electron chi connectivity index (χ4n) is 2.52. The highest BCUT2D eigenvalue weighted by Crippen LogP contribution is 2.34. The Bertz CT molecular complexity index is 1120. The number of benzene rings is 1. The van der Waals surface area contributed by atoms with Crippen LogP contribution in [0.1, 0.15) is 12.6 Å². The first-order valence-electron chi connectivity index (χ1n) is 7.96. The van der Waals surface area contributed by atoms with Crippen LogP contribution in [0.4, 0.5) is 13.2 Å². The molecule has 0 spiro atoms. The van der Waals surface area contributed by atoms with Gasteiger partial charge in [-0.05, 0) is 24.6 Å². The molecule has 2 heterocycles. The molecule has 3 rings (SSSR count). The molecular weight excluding hydrogens is 377 g/mol. The van der Waals surface area contributed by atoms with Crippen molar-refractivity contribution in [1.29, 1.82) is 5.26 Å². The Morgan fingerprint density at radius 1 is 1.18 bits per heavy atom. The minimum atomic E-state index is -4.88. The molecule has 3 aromatic rings. The number of rotatable bonds is 4. The lowest BCUT2D eigenvalue weighted by molar-refractivity contribution is -0.140. The Hall–Kier alpha value is -3.61. The number of ether oxygens (including phenoxy) is 2. The largest absolute Gasteiger partial charge is 0.481 e. The summed E-state index contributed by atoms with van der Waals surface area (Å²) >= 11 is 0. The smallest absolute Gasteiger partial charge is 0.434 e. The Balaban J connectivity index is 2.20. The number of hydrogen-bond acceptors (Lipinski definition) is 6. The number of nitriles is 1. The second-order valence-electron chi connectivity index (χ2n) is 5.69. The van der Waals surface area contributed by atoms with Crippen molar-refractivity contribution in [3.8, 4) is 28.8 Å². The number of fused-ring (bicyclic) bond motifs is 1. The van der Waals surface area contributed by atoms with E-state index in [-0.39, 0.29) is 17.2 Å². The molecule has 1 atom stereocenters. The summed E-state index contributed by atoms with van der Waals surface area (Å²) in [6.07, 6.45) is -4.37. The minimum absolute atomic E-state index is 0.00648. The summed E-state index contributed by atoms with van der Waals surface area (Å²) in [6, 6.07) is 8.58. The van der Waals surface area contributed by atoms with E-state index < -0.39 is 34.9 Å². The third-order valence-electron chi connectivity index (χ3n) is 3.79. The molecule has 0 N–H and O–H groups in total. The average molecular weight is 390 g/mol. The van der Waals surface area contributed by atoms with Crippen molar-refractivity contribution in [2.24, 2.45) is 0 Å². The van der Waals surface area contributed by atoms with Crippen LogP contribution in [0, 0.1) is 11.3 Å². The Kier molecular flexibility index (Phi) is 4.92. The molecule has 7 nitrogen and oxygen atoms in total. The summed E-state index contributed by atoms with van der Waals surface area (Å²) < 4.78 is 51.8. The molecule has 1 aromatic carbocycles. The molecule has 28 heavy (non-hydrogen) atoms. The van der Waals surface area contributed by atoms with Gasteiger partial charge in [-0.15, -0.1) is 0 Å². The lowest BCUT2D eigenvalue weighted by Crippen LogP contribution is -2.24. The van der Waals surface area contributed by atoms with E-state index in [0.717, 1.165) is 4.40 Å². The van der Waals surface area contributed by atoms with E-state index in [4.69, 9.17) is 14.7 Å². The van der Waals surface area contributed by atoms with E-state index in [9.17, 15) is 18.0 Å². The van der Waals surface area contributed by atoms with Crippen LogP contribution in [0.5, 0.6) is 11.6 Å². The van der Waals surface area contributed by atoms with Crippen molar-refractivity contribution < 1.29 is 22.6 Å². The number of hydrogen-bond donors (Lipinski definition) is 0. The lowest BCUT2D eigenvalue weighted by Gasteiger charge is -2.14. The van der Waals surface area contributed by atoms with Gasteiger partial charge >= 0.3 is 6.18 Å². The second kappa shape index (κ2) is 7.19. The zero-order valence-electron chi connectivity index (χ0n) is 14.7. The Morgan fingerprint density at radius 2 is 1.86 bits per heavy atom. The molecule has 0 bridgehead atoms. The van der Waals surface area contributed by atoms with E-state index in [1.807, 2.05) is 6.07 Å². The third kappa shape index (κ3) is 3.59. The van der Waals surface area contributed by atoms with Gasteiger partial charge in [0.2, 0.25) is 11.7 Å². The standard InChI is InChI=1S/C18H13F3N4O3/c1-10(9-22)28-12-5-3-11(4-6-12)14-15(18(19,20)21)24-17-23-13(27-2)7-8-25(17)16(14)26/h3-8,10H,1-2H3. The SMILES string of the molecule is COc1ccn2c(=O)c(-c3ccc(OC(C)C#N)cc3)c(C(F)(F)F)nc2n1. The maximum absolute atomic E-state index is 13.6. The van der Waals surface area contributed by atoms with Gasteiger partial charge in [0.15, 0.2) is 11.8 Å². The van der Waals surface area contributed by atoms with Gasteiger partial charge in [0.25, 0.3) is 5.56 Å². The van der Waals surface area contributed by atoms with Crippen LogP contribution in [-0.2, 0) is 6.18 Å². The number of aromatic nitrogens is 3. The molecular formula is C18H13F3N4O3. The first kappa shape index (κ1) is 19.2. The van der Waals surface area contributed by atoms with Gasteiger partial charge in [-0.2, -0.15) is 23.4 Å². The van der Waals surface area contributed by atoms with Gasteiger partial charge in [-0.1, -0.05) is 12.1 Å². The van der Waals surface area contributed by atoms with Crippen LogP contribution in [-0.4, -0.2) is 27.6 Å². The number of nitrogens with zero attached hydrogens (tertiary/aromatic N) is 4. The van der Waals surface area contributed by atoms with E-state index in [2.05, 4.69) is 9.97 Å². The van der Waals surface area contributed by atoms with E-state index >= 15 is 0 Å². The first-order valence-corrected chi connectivity index (χ1v) is 7.96. The zero-order chi connectivity index (χ0) is 20.5. The molecule has 0 fully saturated rings. The van der Waals surface area contributed by atoms with Crippen LogP contribution in [0.2, 0.25) is 0 Å². The van der Waals surface area contributed by atoms with E-state index in [1.165, 1.54) is 50.6 Å². The highest BCUT2D eigenvalue weighted by Gasteiger charge is 2.38. The molecule has 0 saturated carbocycles. The van der Waals surface area contributed by atoms with E-state index in [1.54, 1.807) is 0 Å². The first-order chi connectivity index (χ1) is 13.2. The minimum Gasteiger partial charge on any atom is -0.481 e. The summed E-state index contributed by atoms with van der Waals surface area (Å²) in [6.45, 7) is 1.52. The summed E-state index contributed by atoms with van der Waals surface area (Å²) in [5, 5.41) is 8.76. The molecule has 0 aliphatic carbocycles. The topological polar surface area (TPSA) is 89.5 Å².